The first-order chi connectivity index (χ1) is 9.83. The molecule has 2 rings (SSSR count). The molecule has 1 aliphatic carbocycles. The highest BCUT2D eigenvalue weighted by Crippen LogP contribution is 2.36. The van der Waals surface area contributed by atoms with Crippen molar-refractivity contribution in [2.24, 2.45) is 5.92 Å². The maximum atomic E-state index is 8.84. The third kappa shape index (κ3) is 4.23. The normalized spacial score (nSPS) is 22.8. The Morgan fingerprint density at radius 1 is 1.15 bits per heavy atom. The van der Waals surface area contributed by atoms with Crippen LogP contribution >= 0.6 is 0 Å². The Morgan fingerprint density at radius 2 is 1.85 bits per heavy atom. The summed E-state index contributed by atoms with van der Waals surface area (Å²) in [4.78, 5) is 0. The first-order valence-corrected chi connectivity index (χ1v) is 8.00. The van der Waals surface area contributed by atoms with Crippen LogP contribution in [0.4, 0.5) is 0 Å². The van der Waals surface area contributed by atoms with Crippen molar-refractivity contribution in [3.8, 4) is 6.07 Å². The molecule has 1 saturated carbocycles. The molecule has 106 valence electrons. The topological polar surface area (TPSA) is 23.8 Å². The van der Waals surface area contributed by atoms with Gasteiger partial charge in [-0.15, -0.1) is 0 Å². The second-order valence-electron chi connectivity index (χ2n) is 5.92. The van der Waals surface area contributed by atoms with Gasteiger partial charge in [-0.3, -0.25) is 0 Å². The lowest BCUT2D eigenvalue weighted by molar-refractivity contribution is 0.375. The summed E-state index contributed by atoms with van der Waals surface area (Å²) in [7, 11) is 0. The van der Waals surface area contributed by atoms with Gasteiger partial charge in [-0.2, -0.15) is 5.26 Å². The predicted octanol–water partition coefficient (Wildman–Crippen LogP) is 5.58. The number of allylic oxidation sites excluding steroid dienone is 2. The molecule has 1 aromatic carbocycles. The highest BCUT2D eigenvalue weighted by atomic mass is 14.3. The van der Waals surface area contributed by atoms with Crippen LogP contribution in [0.25, 0.3) is 0 Å². The minimum Gasteiger partial charge on any atom is -0.192 e. The Hall–Kier alpha value is -1.55. The van der Waals surface area contributed by atoms with E-state index >= 15 is 0 Å². The number of nitrogens with zero attached hydrogens (tertiary/aromatic N) is 1. The fourth-order valence-electron chi connectivity index (χ4n) is 3.09. The van der Waals surface area contributed by atoms with E-state index < -0.39 is 0 Å². The molecule has 0 aliphatic heterocycles. The summed E-state index contributed by atoms with van der Waals surface area (Å²) in [6.45, 7) is 2.25. The second-order valence-corrected chi connectivity index (χ2v) is 5.92. The molecule has 0 heterocycles. The summed E-state index contributed by atoms with van der Waals surface area (Å²) >= 11 is 0. The lowest BCUT2D eigenvalue weighted by Crippen LogP contribution is -2.11. The Morgan fingerprint density at radius 3 is 2.45 bits per heavy atom. The van der Waals surface area contributed by atoms with E-state index in [-0.39, 0.29) is 0 Å². The zero-order valence-electron chi connectivity index (χ0n) is 12.5. The van der Waals surface area contributed by atoms with Crippen molar-refractivity contribution in [2.75, 3.05) is 0 Å². The molecule has 0 aromatic heterocycles. The maximum absolute atomic E-state index is 8.84. The van der Waals surface area contributed by atoms with E-state index in [9.17, 15) is 0 Å². The van der Waals surface area contributed by atoms with Gasteiger partial charge >= 0.3 is 0 Å². The van der Waals surface area contributed by atoms with Gasteiger partial charge in [-0.1, -0.05) is 44.1 Å². The number of hydrogen-bond donors (Lipinski definition) is 0. The van der Waals surface area contributed by atoms with Crippen LogP contribution in [0.2, 0.25) is 0 Å². The van der Waals surface area contributed by atoms with Gasteiger partial charge in [0.1, 0.15) is 0 Å². The van der Waals surface area contributed by atoms with Crippen molar-refractivity contribution in [1.82, 2.24) is 0 Å². The molecule has 0 spiro atoms. The van der Waals surface area contributed by atoms with Gasteiger partial charge in [0.05, 0.1) is 11.6 Å². The standard InChI is InChI=1S/C19H25N/c1-2-3-4-5-6-16-7-11-18(12-8-16)19-13-9-17(15-20)10-14-19/h5-6,9-10,13-14,16,18H,2-4,7-8,11-12H2,1H3. The van der Waals surface area contributed by atoms with Crippen LogP contribution in [0.15, 0.2) is 36.4 Å². The van der Waals surface area contributed by atoms with Crippen molar-refractivity contribution >= 4 is 0 Å². The predicted molar refractivity (Wildman–Crippen MR) is 84.5 cm³/mol. The van der Waals surface area contributed by atoms with Crippen molar-refractivity contribution in [3.05, 3.63) is 47.5 Å². The smallest absolute Gasteiger partial charge is 0.0991 e. The van der Waals surface area contributed by atoms with E-state index in [1.165, 1.54) is 50.5 Å². The van der Waals surface area contributed by atoms with Crippen LogP contribution in [0.1, 0.15) is 68.9 Å². The minimum atomic E-state index is 0.697. The molecule has 0 atom stereocenters. The van der Waals surface area contributed by atoms with Crippen LogP contribution in [-0.2, 0) is 0 Å². The van der Waals surface area contributed by atoms with Crippen LogP contribution in [-0.4, -0.2) is 0 Å². The number of hydrogen-bond acceptors (Lipinski definition) is 1. The van der Waals surface area contributed by atoms with E-state index in [0.717, 1.165) is 11.5 Å². The molecule has 1 heteroatoms. The lowest BCUT2D eigenvalue weighted by atomic mass is 9.78. The molecule has 20 heavy (non-hydrogen) atoms. The average molecular weight is 267 g/mol. The molecule has 1 fully saturated rings. The Kier molecular flexibility index (Phi) is 5.87. The van der Waals surface area contributed by atoms with E-state index in [1.807, 2.05) is 12.1 Å². The zero-order chi connectivity index (χ0) is 14.2. The van der Waals surface area contributed by atoms with Crippen molar-refractivity contribution in [2.45, 2.75) is 57.8 Å². The first-order valence-electron chi connectivity index (χ1n) is 8.00. The van der Waals surface area contributed by atoms with Crippen LogP contribution in [0.3, 0.4) is 0 Å². The van der Waals surface area contributed by atoms with Crippen LogP contribution in [0, 0.1) is 17.2 Å². The van der Waals surface area contributed by atoms with Crippen molar-refractivity contribution < 1.29 is 0 Å². The fourth-order valence-corrected chi connectivity index (χ4v) is 3.09. The number of unbranched alkanes of at least 4 members (excludes halogenated alkanes) is 2. The van der Waals surface area contributed by atoms with Gasteiger partial charge in [-0.25, -0.2) is 0 Å². The monoisotopic (exact) mass is 267 g/mol. The summed E-state index contributed by atoms with van der Waals surface area (Å²) in [5.41, 5.74) is 2.18. The molecule has 0 radical (unpaired) electrons. The molecule has 1 nitrogen and oxygen atoms in total. The summed E-state index contributed by atoms with van der Waals surface area (Å²) in [6.07, 6.45) is 13.9. The first kappa shape index (κ1) is 14.9. The Bertz CT molecular complexity index is 456. The zero-order valence-corrected chi connectivity index (χ0v) is 12.5. The maximum Gasteiger partial charge on any atom is 0.0991 e. The molecule has 0 N–H and O–H groups in total. The average Bonchev–Trinajstić information content (AvgIpc) is 2.52. The fraction of sp³-hybridized carbons (Fsp3) is 0.526. The summed E-state index contributed by atoms with van der Waals surface area (Å²) in [6, 6.07) is 10.4. The largest absolute Gasteiger partial charge is 0.192 e. The van der Waals surface area contributed by atoms with E-state index in [1.54, 1.807) is 0 Å². The Balaban J connectivity index is 1.81. The molecule has 0 unspecified atom stereocenters. The SMILES string of the molecule is CCCCC=CC1CCC(c2ccc(C#N)cc2)CC1. The quantitative estimate of drug-likeness (QED) is 0.504. The van der Waals surface area contributed by atoms with E-state index in [0.29, 0.717) is 5.92 Å². The molecule has 0 bridgehead atoms. The molecule has 1 aliphatic rings. The van der Waals surface area contributed by atoms with E-state index in [4.69, 9.17) is 5.26 Å². The Labute approximate surface area is 123 Å². The van der Waals surface area contributed by atoms with Crippen LogP contribution in [0.5, 0.6) is 0 Å². The van der Waals surface area contributed by atoms with Crippen molar-refractivity contribution in [3.63, 3.8) is 0 Å². The second kappa shape index (κ2) is 7.90. The third-order valence-electron chi connectivity index (χ3n) is 4.42. The summed E-state index contributed by atoms with van der Waals surface area (Å²) < 4.78 is 0. The molecular formula is C19H25N. The van der Waals surface area contributed by atoms with Gasteiger partial charge in [-0.05, 0) is 61.6 Å². The highest BCUT2D eigenvalue weighted by Gasteiger charge is 2.20. The minimum absolute atomic E-state index is 0.697. The third-order valence-corrected chi connectivity index (χ3v) is 4.42. The highest BCUT2D eigenvalue weighted by molar-refractivity contribution is 5.33. The van der Waals surface area contributed by atoms with Gasteiger partial charge in [0.25, 0.3) is 0 Å². The van der Waals surface area contributed by atoms with Gasteiger partial charge < -0.3 is 0 Å². The molecule has 0 amide bonds. The number of benzene rings is 1. The van der Waals surface area contributed by atoms with Crippen LogP contribution < -0.4 is 0 Å². The van der Waals surface area contributed by atoms with E-state index in [2.05, 4.69) is 37.3 Å². The number of rotatable bonds is 5. The molecule has 0 saturated heterocycles. The van der Waals surface area contributed by atoms with Gasteiger partial charge in [0.15, 0.2) is 0 Å². The molecular weight excluding hydrogens is 242 g/mol. The molecule has 1 aromatic rings. The number of nitriles is 1. The lowest BCUT2D eigenvalue weighted by Gasteiger charge is -2.27. The van der Waals surface area contributed by atoms with Gasteiger partial charge in [0.2, 0.25) is 0 Å². The van der Waals surface area contributed by atoms with Crippen molar-refractivity contribution in [1.29, 1.82) is 5.26 Å². The summed E-state index contributed by atoms with van der Waals surface area (Å²) in [5.74, 6) is 1.49. The summed E-state index contributed by atoms with van der Waals surface area (Å²) in [5, 5.41) is 8.84. The van der Waals surface area contributed by atoms with Gasteiger partial charge in [0, 0.05) is 0 Å².